The van der Waals surface area contributed by atoms with Gasteiger partial charge in [0.1, 0.15) is 5.60 Å². The molecule has 1 atom stereocenters. The van der Waals surface area contributed by atoms with E-state index in [4.69, 9.17) is 4.74 Å². The van der Waals surface area contributed by atoms with Crippen molar-refractivity contribution in [1.82, 2.24) is 5.32 Å². The summed E-state index contributed by atoms with van der Waals surface area (Å²) in [6, 6.07) is 8.23. The molecule has 0 radical (unpaired) electrons. The molecule has 0 aliphatic carbocycles. The average molecular weight is 306 g/mol. The summed E-state index contributed by atoms with van der Waals surface area (Å²) in [6.45, 7) is 13.4. The van der Waals surface area contributed by atoms with Crippen LogP contribution in [0, 0.1) is 18.8 Å². The number of aryl methyl sites for hydroxylation is 1. The number of para-hydroxylation sites is 1. The van der Waals surface area contributed by atoms with Gasteiger partial charge in [0.05, 0.1) is 0 Å². The SMILES string of the molecule is Cc1ccccc1NCC(CNC(=O)OC(C)(C)C)C(C)C. The van der Waals surface area contributed by atoms with Gasteiger partial charge in [0, 0.05) is 18.8 Å². The number of ether oxygens (including phenoxy) is 1. The number of carbonyl (C=O) groups excluding carboxylic acids is 1. The Balaban J connectivity index is 2.49. The number of alkyl carbamates (subject to hydrolysis) is 1. The molecule has 0 spiro atoms. The fourth-order valence-electron chi connectivity index (χ4n) is 2.08. The second kappa shape index (κ2) is 8.06. The van der Waals surface area contributed by atoms with Crippen LogP contribution in [-0.2, 0) is 4.74 Å². The first-order chi connectivity index (χ1) is 10.2. The lowest BCUT2D eigenvalue weighted by atomic mass is 9.95. The lowest BCUT2D eigenvalue weighted by molar-refractivity contribution is 0.0516. The molecule has 0 aliphatic heterocycles. The Morgan fingerprint density at radius 2 is 1.82 bits per heavy atom. The largest absolute Gasteiger partial charge is 0.444 e. The van der Waals surface area contributed by atoms with Gasteiger partial charge >= 0.3 is 6.09 Å². The average Bonchev–Trinajstić information content (AvgIpc) is 2.38. The van der Waals surface area contributed by atoms with Gasteiger partial charge in [-0.15, -0.1) is 0 Å². The molecule has 1 amide bonds. The number of nitrogens with one attached hydrogen (secondary N) is 2. The molecule has 1 aromatic carbocycles. The van der Waals surface area contributed by atoms with Gasteiger partial charge in [0.15, 0.2) is 0 Å². The number of hydrogen-bond acceptors (Lipinski definition) is 3. The third-order valence-corrected chi connectivity index (χ3v) is 3.55. The maximum atomic E-state index is 11.8. The summed E-state index contributed by atoms with van der Waals surface area (Å²) in [5, 5.41) is 6.34. The molecule has 4 heteroatoms. The van der Waals surface area contributed by atoms with Crippen LogP contribution in [0.4, 0.5) is 10.5 Å². The van der Waals surface area contributed by atoms with E-state index < -0.39 is 5.60 Å². The highest BCUT2D eigenvalue weighted by molar-refractivity contribution is 5.67. The summed E-state index contributed by atoms with van der Waals surface area (Å²) >= 11 is 0. The number of amides is 1. The topological polar surface area (TPSA) is 50.4 Å². The second-order valence-electron chi connectivity index (χ2n) is 7.08. The van der Waals surface area contributed by atoms with Crippen molar-refractivity contribution in [2.45, 2.75) is 47.1 Å². The van der Waals surface area contributed by atoms with E-state index in [1.165, 1.54) is 5.56 Å². The molecule has 0 aromatic heterocycles. The van der Waals surface area contributed by atoms with Crippen LogP contribution in [-0.4, -0.2) is 24.8 Å². The number of rotatable bonds is 6. The van der Waals surface area contributed by atoms with Gasteiger partial charge < -0.3 is 15.4 Å². The summed E-state index contributed by atoms with van der Waals surface area (Å²) < 4.78 is 5.28. The highest BCUT2D eigenvalue weighted by Crippen LogP contribution is 2.16. The van der Waals surface area contributed by atoms with Crippen LogP contribution >= 0.6 is 0 Å². The molecular formula is C18H30N2O2. The van der Waals surface area contributed by atoms with Gasteiger partial charge in [-0.1, -0.05) is 32.0 Å². The highest BCUT2D eigenvalue weighted by atomic mass is 16.6. The van der Waals surface area contributed by atoms with E-state index in [0.717, 1.165) is 12.2 Å². The van der Waals surface area contributed by atoms with Crippen molar-refractivity contribution in [2.75, 3.05) is 18.4 Å². The van der Waals surface area contributed by atoms with E-state index >= 15 is 0 Å². The summed E-state index contributed by atoms with van der Waals surface area (Å²) in [5.74, 6) is 0.804. The van der Waals surface area contributed by atoms with Crippen LogP contribution in [0.5, 0.6) is 0 Å². The number of anilines is 1. The molecule has 124 valence electrons. The fraction of sp³-hybridized carbons (Fsp3) is 0.611. The molecule has 2 N–H and O–H groups in total. The molecule has 0 aliphatic rings. The normalized spacial score (nSPS) is 12.9. The van der Waals surface area contributed by atoms with Gasteiger partial charge in [0.25, 0.3) is 0 Å². The molecule has 0 fully saturated rings. The molecule has 22 heavy (non-hydrogen) atoms. The Hall–Kier alpha value is -1.71. The summed E-state index contributed by atoms with van der Waals surface area (Å²) in [7, 11) is 0. The molecule has 0 saturated carbocycles. The molecule has 1 rings (SSSR count). The van der Waals surface area contributed by atoms with Crippen molar-refractivity contribution < 1.29 is 9.53 Å². The van der Waals surface area contributed by atoms with E-state index in [1.807, 2.05) is 32.9 Å². The lowest BCUT2D eigenvalue weighted by Gasteiger charge is -2.24. The van der Waals surface area contributed by atoms with E-state index in [1.54, 1.807) is 0 Å². The van der Waals surface area contributed by atoms with Crippen molar-refractivity contribution in [1.29, 1.82) is 0 Å². The number of hydrogen-bond donors (Lipinski definition) is 2. The van der Waals surface area contributed by atoms with Crippen molar-refractivity contribution in [2.24, 2.45) is 11.8 Å². The number of benzene rings is 1. The van der Waals surface area contributed by atoms with Crippen LogP contribution < -0.4 is 10.6 Å². The van der Waals surface area contributed by atoms with Crippen LogP contribution in [0.3, 0.4) is 0 Å². The summed E-state index contributed by atoms with van der Waals surface area (Å²) in [6.07, 6.45) is -0.353. The quantitative estimate of drug-likeness (QED) is 0.828. The van der Waals surface area contributed by atoms with E-state index in [0.29, 0.717) is 18.4 Å². The fourth-order valence-corrected chi connectivity index (χ4v) is 2.08. The minimum absolute atomic E-state index is 0.340. The first kappa shape index (κ1) is 18.3. The zero-order valence-electron chi connectivity index (χ0n) is 14.7. The van der Waals surface area contributed by atoms with E-state index in [-0.39, 0.29) is 6.09 Å². The summed E-state index contributed by atoms with van der Waals surface area (Å²) in [5.41, 5.74) is 1.91. The van der Waals surface area contributed by atoms with Crippen molar-refractivity contribution in [3.05, 3.63) is 29.8 Å². The Labute approximate surface area is 134 Å². The Morgan fingerprint density at radius 3 is 2.36 bits per heavy atom. The van der Waals surface area contributed by atoms with Crippen molar-refractivity contribution in [3.8, 4) is 0 Å². The smallest absolute Gasteiger partial charge is 0.407 e. The monoisotopic (exact) mass is 306 g/mol. The number of carbonyl (C=O) groups is 1. The Bertz CT molecular complexity index is 478. The van der Waals surface area contributed by atoms with Gasteiger partial charge in [-0.3, -0.25) is 0 Å². The van der Waals surface area contributed by atoms with Gasteiger partial charge in [0.2, 0.25) is 0 Å². The maximum absolute atomic E-state index is 11.8. The second-order valence-corrected chi connectivity index (χ2v) is 7.08. The van der Waals surface area contributed by atoms with Crippen LogP contribution in [0.2, 0.25) is 0 Å². The van der Waals surface area contributed by atoms with Crippen molar-refractivity contribution in [3.63, 3.8) is 0 Å². The van der Waals surface area contributed by atoms with Crippen LogP contribution in [0.15, 0.2) is 24.3 Å². The molecule has 1 aromatic rings. The predicted molar refractivity (Wildman–Crippen MR) is 92.2 cm³/mol. The van der Waals surface area contributed by atoms with Gasteiger partial charge in [-0.05, 0) is 51.2 Å². The van der Waals surface area contributed by atoms with E-state index in [2.05, 4.69) is 43.5 Å². The zero-order valence-corrected chi connectivity index (χ0v) is 14.7. The third-order valence-electron chi connectivity index (χ3n) is 3.55. The predicted octanol–water partition coefficient (Wildman–Crippen LogP) is 4.20. The summed E-state index contributed by atoms with van der Waals surface area (Å²) in [4.78, 5) is 11.8. The molecule has 4 nitrogen and oxygen atoms in total. The first-order valence-corrected chi connectivity index (χ1v) is 7.95. The van der Waals surface area contributed by atoms with Crippen LogP contribution in [0.25, 0.3) is 0 Å². The lowest BCUT2D eigenvalue weighted by Crippen LogP contribution is -2.38. The highest BCUT2D eigenvalue weighted by Gasteiger charge is 2.19. The van der Waals surface area contributed by atoms with E-state index in [9.17, 15) is 4.79 Å². The minimum Gasteiger partial charge on any atom is -0.444 e. The molecule has 0 heterocycles. The zero-order chi connectivity index (χ0) is 16.8. The van der Waals surface area contributed by atoms with Crippen LogP contribution in [0.1, 0.15) is 40.2 Å². The van der Waals surface area contributed by atoms with Crippen molar-refractivity contribution >= 4 is 11.8 Å². The molecule has 0 saturated heterocycles. The molecule has 0 bridgehead atoms. The first-order valence-electron chi connectivity index (χ1n) is 7.95. The minimum atomic E-state index is -0.461. The van der Waals surface area contributed by atoms with Gasteiger partial charge in [-0.2, -0.15) is 0 Å². The molecular weight excluding hydrogens is 276 g/mol. The maximum Gasteiger partial charge on any atom is 0.407 e. The van der Waals surface area contributed by atoms with Gasteiger partial charge in [-0.25, -0.2) is 4.79 Å². The standard InChI is InChI=1S/C18H30N2O2/c1-13(2)15(12-20-17(21)22-18(4,5)6)11-19-16-10-8-7-9-14(16)3/h7-10,13,15,19H,11-12H2,1-6H3,(H,20,21). The third kappa shape index (κ3) is 6.83. The molecule has 1 unspecified atom stereocenters. The Kier molecular flexibility index (Phi) is 6.72. The Morgan fingerprint density at radius 1 is 1.18 bits per heavy atom.